The smallest absolute Gasteiger partial charge is 0.254 e. The van der Waals surface area contributed by atoms with E-state index in [1.807, 2.05) is 0 Å². The van der Waals surface area contributed by atoms with Gasteiger partial charge in [-0.3, -0.25) is 9.59 Å². The normalized spacial score (nSPS) is 13.0. The fourth-order valence-electron chi connectivity index (χ4n) is 3.39. The van der Waals surface area contributed by atoms with Gasteiger partial charge < -0.3 is 15.4 Å². The largest absolute Gasteiger partial charge is 0.494 e. The highest BCUT2D eigenvalue weighted by molar-refractivity contribution is 5.95. The van der Waals surface area contributed by atoms with E-state index in [0.717, 1.165) is 18.5 Å². The Balaban J connectivity index is 1.60. The Kier molecular flexibility index (Phi) is 6.11. The maximum atomic E-state index is 14.1. The molecule has 2 aromatic heterocycles. The number of hydrogen-bond donors (Lipinski definition) is 2. The SMILES string of the molecule is COc1ccc(-c2ccnc(-n3ncc(C(=O)NCCNC(C)=O)c3C3CC3)n2)cc1F. The third kappa shape index (κ3) is 4.58. The molecule has 0 bridgehead atoms. The highest BCUT2D eigenvalue weighted by atomic mass is 19.1. The first-order valence-corrected chi connectivity index (χ1v) is 10.3. The van der Waals surface area contributed by atoms with Gasteiger partial charge in [0.25, 0.3) is 11.9 Å². The first-order valence-electron chi connectivity index (χ1n) is 10.3. The summed E-state index contributed by atoms with van der Waals surface area (Å²) in [6.07, 6.45) is 4.97. The predicted octanol–water partition coefficient (Wildman–Crippen LogP) is 2.22. The van der Waals surface area contributed by atoms with Gasteiger partial charge in [0, 0.05) is 37.7 Å². The summed E-state index contributed by atoms with van der Waals surface area (Å²) in [7, 11) is 1.41. The zero-order chi connectivity index (χ0) is 22.7. The van der Waals surface area contributed by atoms with E-state index in [1.54, 1.807) is 29.1 Å². The van der Waals surface area contributed by atoms with Gasteiger partial charge in [0.05, 0.1) is 30.3 Å². The number of rotatable bonds is 8. The van der Waals surface area contributed by atoms with E-state index in [4.69, 9.17) is 4.74 Å². The van der Waals surface area contributed by atoms with Crippen LogP contribution in [0.3, 0.4) is 0 Å². The van der Waals surface area contributed by atoms with E-state index in [0.29, 0.717) is 35.9 Å². The van der Waals surface area contributed by atoms with Gasteiger partial charge in [-0.05, 0) is 37.1 Å². The van der Waals surface area contributed by atoms with Crippen LogP contribution in [0.1, 0.15) is 41.7 Å². The lowest BCUT2D eigenvalue weighted by Gasteiger charge is -2.10. The predicted molar refractivity (Wildman–Crippen MR) is 114 cm³/mol. The molecule has 1 aromatic carbocycles. The molecule has 0 radical (unpaired) electrons. The van der Waals surface area contributed by atoms with E-state index in [1.165, 1.54) is 26.3 Å². The number of benzene rings is 1. The molecule has 2 heterocycles. The van der Waals surface area contributed by atoms with Gasteiger partial charge in [0.15, 0.2) is 11.6 Å². The highest BCUT2D eigenvalue weighted by Gasteiger charge is 2.33. The second-order valence-electron chi connectivity index (χ2n) is 7.46. The maximum absolute atomic E-state index is 14.1. The average molecular weight is 438 g/mol. The molecule has 0 unspecified atom stereocenters. The molecule has 1 fully saturated rings. The van der Waals surface area contributed by atoms with Crippen LogP contribution in [0.2, 0.25) is 0 Å². The van der Waals surface area contributed by atoms with Crippen LogP contribution in [0.25, 0.3) is 17.2 Å². The summed E-state index contributed by atoms with van der Waals surface area (Å²) in [6.45, 7) is 2.08. The lowest BCUT2D eigenvalue weighted by molar-refractivity contribution is -0.118. The molecule has 0 spiro atoms. The molecule has 1 aliphatic carbocycles. The molecule has 1 saturated carbocycles. The van der Waals surface area contributed by atoms with Crippen LogP contribution in [-0.4, -0.2) is 51.8 Å². The summed E-state index contributed by atoms with van der Waals surface area (Å²) in [5.41, 5.74) is 2.30. The maximum Gasteiger partial charge on any atom is 0.254 e. The van der Waals surface area contributed by atoms with Crippen LogP contribution in [0.15, 0.2) is 36.7 Å². The molecule has 9 nitrogen and oxygen atoms in total. The third-order valence-electron chi connectivity index (χ3n) is 5.08. The number of amides is 2. The van der Waals surface area contributed by atoms with Crippen LogP contribution >= 0.6 is 0 Å². The zero-order valence-corrected chi connectivity index (χ0v) is 17.8. The molecular formula is C22H23FN6O3. The molecule has 0 saturated heterocycles. The Hall–Kier alpha value is -3.82. The Labute approximate surface area is 184 Å². The van der Waals surface area contributed by atoms with E-state index in [-0.39, 0.29) is 23.5 Å². The number of ether oxygens (including phenoxy) is 1. The lowest BCUT2D eigenvalue weighted by Crippen LogP contribution is -2.33. The van der Waals surface area contributed by atoms with Gasteiger partial charge in [0.1, 0.15) is 0 Å². The minimum Gasteiger partial charge on any atom is -0.494 e. The van der Waals surface area contributed by atoms with Gasteiger partial charge in [0.2, 0.25) is 5.91 Å². The van der Waals surface area contributed by atoms with Crippen molar-refractivity contribution in [2.24, 2.45) is 0 Å². The van der Waals surface area contributed by atoms with Gasteiger partial charge >= 0.3 is 0 Å². The molecule has 2 N–H and O–H groups in total. The molecule has 32 heavy (non-hydrogen) atoms. The van der Waals surface area contributed by atoms with Crippen LogP contribution in [0.5, 0.6) is 5.75 Å². The van der Waals surface area contributed by atoms with Crippen molar-refractivity contribution in [3.8, 4) is 23.0 Å². The molecule has 0 aliphatic heterocycles. The zero-order valence-electron chi connectivity index (χ0n) is 17.8. The molecule has 166 valence electrons. The van der Waals surface area contributed by atoms with Crippen LogP contribution in [-0.2, 0) is 4.79 Å². The number of nitrogens with one attached hydrogen (secondary N) is 2. The molecule has 0 atom stereocenters. The number of carbonyl (C=O) groups excluding carboxylic acids is 2. The van der Waals surface area contributed by atoms with E-state index in [9.17, 15) is 14.0 Å². The number of aromatic nitrogens is 4. The third-order valence-corrected chi connectivity index (χ3v) is 5.08. The lowest BCUT2D eigenvalue weighted by atomic mass is 10.1. The summed E-state index contributed by atoms with van der Waals surface area (Å²) >= 11 is 0. The van der Waals surface area contributed by atoms with Gasteiger partial charge in [-0.1, -0.05) is 0 Å². The second kappa shape index (κ2) is 9.13. The molecule has 2 amide bonds. The van der Waals surface area contributed by atoms with Crippen molar-refractivity contribution >= 4 is 11.8 Å². The summed E-state index contributed by atoms with van der Waals surface area (Å²) in [6, 6.07) is 6.29. The number of methoxy groups -OCH3 is 1. The van der Waals surface area contributed by atoms with E-state index >= 15 is 0 Å². The molecule has 3 aromatic rings. The molecular weight excluding hydrogens is 415 g/mol. The van der Waals surface area contributed by atoms with E-state index in [2.05, 4.69) is 25.7 Å². The fourth-order valence-corrected chi connectivity index (χ4v) is 3.39. The summed E-state index contributed by atoms with van der Waals surface area (Å²) < 4.78 is 20.7. The Morgan fingerprint density at radius 1 is 1.22 bits per heavy atom. The van der Waals surface area contributed by atoms with E-state index < -0.39 is 5.82 Å². The first-order chi connectivity index (χ1) is 15.5. The summed E-state index contributed by atoms with van der Waals surface area (Å²) in [5, 5.41) is 9.80. The van der Waals surface area contributed by atoms with Crippen molar-refractivity contribution in [3.05, 3.63) is 53.7 Å². The molecule has 10 heteroatoms. The number of halogens is 1. The first kappa shape index (κ1) is 21.4. The Morgan fingerprint density at radius 2 is 2.00 bits per heavy atom. The van der Waals surface area contributed by atoms with Gasteiger partial charge in [-0.2, -0.15) is 5.10 Å². The summed E-state index contributed by atoms with van der Waals surface area (Å²) in [5.74, 6) is -0.255. The van der Waals surface area contributed by atoms with Crippen LogP contribution in [0, 0.1) is 5.82 Å². The molecule has 4 rings (SSSR count). The standard InChI is InChI=1S/C22H23FN6O3/c1-13(30)24-9-10-25-21(31)16-12-27-29(20(16)14-3-4-14)22-26-8-7-18(28-22)15-5-6-19(32-2)17(23)11-15/h5-8,11-12,14H,3-4,9-10H2,1-2H3,(H,24,30)(H,25,31). The number of carbonyl (C=O) groups is 2. The Bertz CT molecular complexity index is 1160. The van der Waals surface area contributed by atoms with Gasteiger partial charge in [-0.25, -0.2) is 19.0 Å². The monoisotopic (exact) mass is 438 g/mol. The van der Waals surface area contributed by atoms with Crippen LogP contribution in [0.4, 0.5) is 4.39 Å². The van der Waals surface area contributed by atoms with Crippen molar-refractivity contribution in [2.75, 3.05) is 20.2 Å². The van der Waals surface area contributed by atoms with Crippen LogP contribution < -0.4 is 15.4 Å². The number of hydrogen-bond acceptors (Lipinski definition) is 6. The quantitative estimate of drug-likeness (QED) is 0.522. The molecule has 1 aliphatic rings. The summed E-state index contributed by atoms with van der Waals surface area (Å²) in [4.78, 5) is 32.5. The minimum atomic E-state index is -0.485. The van der Waals surface area contributed by atoms with Crippen molar-refractivity contribution in [2.45, 2.75) is 25.7 Å². The van der Waals surface area contributed by atoms with Crippen molar-refractivity contribution in [1.29, 1.82) is 0 Å². The highest BCUT2D eigenvalue weighted by Crippen LogP contribution is 2.42. The van der Waals surface area contributed by atoms with Crippen molar-refractivity contribution < 1.29 is 18.7 Å². The number of nitrogens with zero attached hydrogens (tertiary/aromatic N) is 4. The van der Waals surface area contributed by atoms with Crippen molar-refractivity contribution in [3.63, 3.8) is 0 Å². The minimum absolute atomic E-state index is 0.153. The average Bonchev–Trinajstić information content (AvgIpc) is 3.54. The fraction of sp³-hybridized carbons (Fsp3) is 0.318. The van der Waals surface area contributed by atoms with Crippen molar-refractivity contribution in [1.82, 2.24) is 30.4 Å². The topological polar surface area (TPSA) is 111 Å². The second-order valence-corrected chi connectivity index (χ2v) is 7.46. The Morgan fingerprint density at radius 3 is 2.69 bits per heavy atom. The van der Waals surface area contributed by atoms with Gasteiger partial charge in [-0.15, -0.1) is 0 Å².